The van der Waals surface area contributed by atoms with Crippen LogP contribution >= 0.6 is 0 Å². The lowest BCUT2D eigenvalue weighted by atomic mass is 9.99. The number of hydrogen-bond acceptors (Lipinski definition) is 1. The summed E-state index contributed by atoms with van der Waals surface area (Å²) in [7, 11) is 0. The molecule has 2 heteroatoms. The minimum Gasteiger partial charge on any atom is -0.455 e. The van der Waals surface area contributed by atoms with Gasteiger partial charge in [-0.05, 0) is 52.6 Å². The van der Waals surface area contributed by atoms with E-state index < -0.39 is 0 Å². The van der Waals surface area contributed by atoms with Crippen LogP contribution in [0.4, 0.5) is 0 Å². The minimum absolute atomic E-state index is 0.919. The van der Waals surface area contributed by atoms with Crippen molar-refractivity contribution in [2.45, 2.75) is 0 Å². The van der Waals surface area contributed by atoms with Crippen LogP contribution < -0.4 is 0 Å². The fourth-order valence-electron chi connectivity index (χ4n) is 6.43. The van der Waals surface area contributed by atoms with E-state index in [0.29, 0.717) is 0 Å². The second-order valence-electron chi connectivity index (χ2n) is 9.73. The number of hydrogen-bond donors (Lipinski definition) is 0. The Bertz CT molecular complexity index is 2160. The molecule has 0 amide bonds. The third-order valence-corrected chi connectivity index (χ3v) is 7.92. The summed E-state index contributed by atoms with van der Waals surface area (Å²) in [6.45, 7) is 0. The van der Waals surface area contributed by atoms with Crippen molar-refractivity contribution in [1.29, 1.82) is 0 Å². The van der Waals surface area contributed by atoms with Crippen LogP contribution in [0.25, 0.3) is 82.5 Å². The van der Waals surface area contributed by atoms with Gasteiger partial charge < -0.3 is 8.98 Å². The van der Waals surface area contributed by atoms with Crippen molar-refractivity contribution in [3.05, 3.63) is 115 Å². The molecule has 0 saturated carbocycles. The van der Waals surface area contributed by atoms with Crippen molar-refractivity contribution >= 4 is 54.5 Å². The van der Waals surface area contributed by atoms with E-state index in [1.807, 2.05) is 0 Å². The van der Waals surface area contributed by atoms with Crippen LogP contribution in [-0.2, 0) is 0 Å². The Morgan fingerprint density at radius 1 is 0.444 bits per heavy atom. The Morgan fingerprint density at radius 2 is 1.08 bits per heavy atom. The fraction of sp³-hybridized carbons (Fsp3) is 0. The first-order valence-electron chi connectivity index (χ1n) is 12.4. The van der Waals surface area contributed by atoms with Gasteiger partial charge in [-0.1, -0.05) is 78.9 Å². The molecule has 0 radical (unpaired) electrons. The van der Waals surface area contributed by atoms with E-state index in [0.717, 1.165) is 22.2 Å². The summed E-state index contributed by atoms with van der Waals surface area (Å²) in [4.78, 5) is 0. The predicted octanol–water partition coefficient (Wildman–Crippen LogP) is 9.48. The van der Waals surface area contributed by atoms with E-state index in [9.17, 15) is 0 Å². The molecule has 2 heterocycles. The molecule has 0 atom stereocenters. The first kappa shape index (κ1) is 18.5. The second kappa shape index (κ2) is 6.44. The van der Waals surface area contributed by atoms with Crippen LogP contribution in [0.5, 0.6) is 0 Å². The highest BCUT2D eigenvalue weighted by molar-refractivity contribution is 6.26. The van der Waals surface area contributed by atoms with Crippen LogP contribution in [0.1, 0.15) is 0 Å². The first-order chi connectivity index (χ1) is 17.9. The second-order valence-corrected chi connectivity index (χ2v) is 9.73. The molecule has 0 fully saturated rings. The molecule has 2 aromatic heterocycles. The molecule has 1 aliphatic carbocycles. The largest absolute Gasteiger partial charge is 0.455 e. The van der Waals surface area contributed by atoms with E-state index in [2.05, 4.69) is 120 Å². The SMILES string of the molecule is c1ccc2c(c1)-c1cccc3c1c-2cc1c2ccc(-n4c5ccccc5c5ccccc54)cc2oc31. The number of fused-ring (bicyclic) bond motifs is 10. The molecule has 0 unspecified atom stereocenters. The zero-order valence-corrected chi connectivity index (χ0v) is 19.3. The van der Waals surface area contributed by atoms with Gasteiger partial charge in [0, 0.05) is 44.1 Å². The summed E-state index contributed by atoms with van der Waals surface area (Å²) in [6.07, 6.45) is 0. The quantitative estimate of drug-likeness (QED) is 0.240. The minimum atomic E-state index is 0.919. The summed E-state index contributed by atoms with van der Waals surface area (Å²) in [5, 5.41) is 7.35. The number of benzene rings is 6. The lowest BCUT2D eigenvalue weighted by Crippen LogP contribution is -1.93. The third kappa shape index (κ3) is 2.18. The molecule has 9 rings (SSSR count). The van der Waals surface area contributed by atoms with Gasteiger partial charge in [0.1, 0.15) is 11.2 Å². The Labute approximate surface area is 206 Å². The van der Waals surface area contributed by atoms with Gasteiger partial charge in [0.05, 0.1) is 11.0 Å². The monoisotopic (exact) mass is 457 g/mol. The van der Waals surface area contributed by atoms with Gasteiger partial charge in [0.15, 0.2) is 0 Å². The topological polar surface area (TPSA) is 18.1 Å². The van der Waals surface area contributed by atoms with Gasteiger partial charge in [-0.2, -0.15) is 0 Å². The van der Waals surface area contributed by atoms with Crippen LogP contribution in [0.2, 0.25) is 0 Å². The maximum Gasteiger partial charge on any atom is 0.143 e. The summed E-state index contributed by atoms with van der Waals surface area (Å²) in [5.41, 5.74) is 10.6. The summed E-state index contributed by atoms with van der Waals surface area (Å²) in [5.74, 6) is 0. The van der Waals surface area contributed by atoms with E-state index >= 15 is 0 Å². The third-order valence-electron chi connectivity index (χ3n) is 7.92. The van der Waals surface area contributed by atoms with Crippen LogP contribution in [0, 0.1) is 0 Å². The summed E-state index contributed by atoms with van der Waals surface area (Å²) >= 11 is 0. The zero-order chi connectivity index (χ0) is 23.4. The van der Waals surface area contributed by atoms with Gasteiger partial charge in [-0.25, -0.2) is 0 Å². The predicted molar refractivity (Wildman–Crippen MR) is 150 cm³/mol. The van der Waals surface area contributed by atoms with Crippen molar-refractivity contribution in [3.63, 3.8) is 0 Å². The average Bonchev–Trinajstić information content (AvgIpc) is 3.58. The molecular formula is C34H19NO. The van der Waals surface area contributed by atoms with E-state index in [1.165, 1.54) is 60.2 Å². The highest BCUT2D eigenvalue weighted by Crippen LogP contribution is 2.50. The smallest absolute Gasteiger partial charge is 0.143 e. The molecule has 6 aromatic carbocycles. The number of rotatable bonds is 1. The van der Waals surface area contributed by atoms with Gasteiger partial charge in [0.2, 0.25) is 0 Å². The van der Waals surface area contributed by atoms with Crippen molar-refractivity contribution in [2.24, 2.45) is 0 Å². The maximum absolute atomic E-state index is 6.65. The first-order valence-corrected chi connectivity index (χ1v) is 12.4. The van der Waals surface area contributed by atoms with Crippen LogP contribution in [0.15, 0.2) is 120 Å². The zero-order valence-electron chi connectivity index (χ0n) is 19.3. The molecule has 0 bridgehead atoms. The Balaban J connectivity index is 1.37. The molecule has 2 nitrogen and oxygen atoms in total. The van der Waals surface area contributed by atoms with Crippen molar-refractivity contribution in [1.82, 2.24) is 4.57 Å². The van der Waals surface area contributed by atoms with Gasteiger partial charge in [-0.15, -0.1) is 0 Å². The van der Waals surface area contributed by atoms with Gasteiger partial charge in [-0.3, -0.25) is 0 Å². The number of para-hydroxylation sites is 2. The van der Waals surface area contributed by atoms with Crippen molar-refractivity contribution in [3.8, 4) is 27.9 Å². The van der Waals surface area contributed by atoms with E-state index in [1.54, 1.807) is 0 Å². The molecule has 1 aliphatic rings. The van der Waals surface area contributed by atoms with Gasteiger partial charge >= 0.3 is 0 Å². The summed E-state index contributed by atoms with van der Waals surface area (Å²) < 4.78 is 9.00. The van der Waals surface area contributed by atoms with E-state index in [-0.39, 0.29) is 0 Å². The standard InChI is InChI=1S/C34H19NO/c1-2-9-22-21(8-1)26-12-7-13-27-33(26)28(22)19-29-25-17-16-20(18-32(25)36-34(27)29)35-30-14-5-3-10-23(30)24-11-4-6-15-31(24)35/h1-19H. The molecule has 8 aromatic rings. The van der Waals surface area contributed by atoms with Gasteiger partial charge in [0.25, 0.3) is 0 Å². The molecule has 36 heavy (non-hydrogen) atoms. The molecule has 0 N–H and O–H groups in total. The number of nitrogens with zero attached hydrogens (tertiary/aromatic N) is 1. The molecule has 0 spiro atoms. The van der Waals surface area contributed by atoms with Crippen LogP contribution in [-0.4, -0.2) is 4.57 Å². The molecule has 166 valence electrons. The molecule has 0 saturated heterocycles. The highest BCUT2D eigenvalue weighted by atomic mass is 16.3. The summed E-state index contributed by atoms with van der Waals surface area (Å²) in [6, 6.07) is 41.5. The van der Waals surface area contributed by atoms with Crippen LogP contribution in [0.3, 0.4) is 0 Å². The lowest BCUT2D eigenvalue weighted by Gasteiger charge is -2.07. The van der Waals surface area contributed by atoms with Crippen molar-refractivity contribution < 1.29 is 4.42 Å². The lowest BCUT2D eigenvalue weighted by molar-refractivity contribution is 0.672. The average molecular weight is 458 g/mol. The molecular weight excluding hydrogens is 438 g/mol. The Morgan fingerprint density at radius 3 is 1.86 bits per heavy atom. The molecule has 0 aliphatic heterocycles. The maximum atomic E-state index is 6.65. The normalized spacial score (nSPS) is 12.4. The highest BCUT2D eigenvalue weighted by Gasteiger charge is 2.24. The van der Waals surface area contributed by atoms with Crippen molar-refractivity contribution in [2.75, 3.05) is 0 Å². The van der Waals surface area contributed by atoms with E-state index in [4.69, 9.17) is 4.42 Å². The fourth-order valence-corrected chi connectivity index (χ4v) is 6.43. The Hall–Kier alpha value is -4.82. The number of aromatic nitrogens is 1. The number of furan rings is 1. The Kier molecular flexibility index (Phi) is 3.31.